The lowest BCUT2D eigenvalue weighted by Gasteiger charge is -2.40. The molecule has 2 aromatic carbocycles. The molecule has 9 heteroatoms. The van der Waals surface area contributed by atoms with E-state index >= 15 is 0 Å². The van der Waals surface area contributed by atoms with E-state index in [4.69, 9.17) is 0 Å². The van der Waals surface area contributed by atoms with Crippen molar-refractivity contribution in [2.75, 3.05) is 30.5 Å². The van der Waals surface area contributed by atoms with Crippen molar-refractivity contribution in [3.63, 3.8) is 0 Å². The first-order valence-electron chi connectivity index (χ1n) is 11.5. The van der Waals surface area contributed by atoms with Gasteiger partial charge in [-0.1, -0.05) is 12.1 Å². The monoisotopic (exact) mass is 486 g/mol. The SMILES string of the molecule is CC(C)N1Cc2ccc(F)cc2N(CCN2CC=C(c3c[nH]c4cc(F)ccc34)CC2)S1(=O)=O. The number of nitrogens with one attached hydrogen (secondary N) is 1. The Balaban J connectivity index is 1.33. The number of aromatic amines is 1. The molecule has 5 rings (SSSR count). The van der Waals surface area contributed by atoms with Crippen LogP contribution in [0.3, 0.4) is 0 Å². The Hall–Kier alpha value is -2.75. The third-order valence-electron chi connectivity index (χ3n) is 6.70. The van der Waals surface area contributed by atoms with Crippen molar-refractivity contribution >= 4 is 32.4 Å². The molecule has 1 N–H and O–H groups in total. The van der Waals surface area contributed by atoms with Gasteiger partial charge in [-0.05, 0) is 61.7 Å². The van der Waals surface area contributed by atoms with Gasteiger partial charge < -0.3 is 4.98 Å². The second kappa shape index (κ2) is 8.79. The number of nitrogens with zero attached hydrogens (tertiary/aromatic N) is 3. The smallest absolute Gasteiger partial charge is 0.304 e. The van der Waals surface area contributed by atoms with Gasteiger partial charge in [-0.3, -0.25) is 9.21 Å². The number of aromatic nitrogens is 1. The minimum absolute atomic E-state index is 0.198. The molecule has 0 aliphatic carbocycles. The highest BCUT2D eigenvalue weighted by atomic mass is 32.2. The van der Waals surface area contributed by atoms with Crippen LogP contribution in [-0.2, 0) is 16.8 Å². The van der Waals surface area contributed by atoms with Gasteiger partial charge in [-0.25, -0.2) is 8.78 Å². The quantitative estimate of drug-likeness (QED) is 0.577. The lowest BCUT2D eigenvalue weighted by atomic mass is 9.99. The molecule has 0 atom stereocenters. The standard InChI is InChI=1S/C25H28F2N4O2S/c1-17(2)31-16-19-3-4-21(27)14-25(19)30(34(31,32)33)12-11-29-9-7-18(8-10-29)23-15-28-24-13-20(26)5-6-22(23)24/h3-7,13-15,17,28H,8-12,16H2,1-2H3. The molecular weight excluding hydrogens is 458 g/mol. The van der Waals surface area contributed by atoms with Gasteiger partial charge in [-0.2, -0.15) is 12.7 Å². The van der Waals surface area contributed by atoms with E-state index in [2.05, 4.69) is 16.0 Å². The van der Waals surface area contributed by atoms with Crippen LogP contribution in [-0.4, -0.2) is 54.8 Å². The van der Waals surface area contributed by atoms with E-state index in [0.29, 0.717) is 18.8 Å². The van der Waals surface area contributed by atoms with Crippen molar-refractivity contribution in [2.45, 2.75) is 32.9 Å². The first kappa shape index (κ1) is 23.0. The molecule has 3 aromatic rings. The molecule has 0 unspecified atom stereocenters. The fraction of sp³-hybridized carbons (Fsp3) is 0.360. The molecule has 2 aliphatic heterocycles. The predicted molar refractivity (Wildman–Crippen MR) is 131 cm³/mol. The molecule has 0 radical (unpaired) electrons. The van der Waals surface area contributed by atoms with E-state index in [-0.39, 0.29) is 24.9 Å². The first-order chi connectivity index (χ1) is 16.2. The van der Waals surface area contributed by atoms with Crippen molar-refractivity contribution in [3.05, 3.63) is 71.4 Å². The van der Waals surface area contributed by atoms with Crippen LogP contribution < -0.4 is 4.31 Å². The molecule has 0 amide bonds. The summed E-state index contributed by atoms with van der Waals surface area (Å²) < 4.78 is 57.0. The molecule has 180 valence electrons. The van der Waals surface area contributed by atoms with E-state index in [0.717, 1.165) is 35.0 Å². The van der Waals surface area contributed by atoms with E-state index in [9.17, 15) is 17.2 Å². The summed E-state index contributed by atoms with van der Waals surface area (Å²) in [7, 11) is -3.75. The summed E-state index contributed by atoms with van der Waals surface area (Å²) in [4.78, 5) is 5.33. The average molecular weight is 487 g/mol. The third kappa shape index (κ3) is 4.12. The van der Waals surface area contributed by atoms with Crippen LogP contribution >= 0.6 is 0 Å². The number of rotatable bonds is 5. The molecule has 34 heavy (non-hydrogen) atoms. The summed E-state index contributed by atoms with van der Waals surface area (Å²) in [5.74, 6) is -0.712. The van der Waals surface area contributed by atoms with Crippen molar-refractivity contribution in [3.8, 4) is 0 Å². The molecular formula is C25H28F2N4O2S. The fourth-order valence-corrected chi connectivity index (χ4v) is 6.66. The van der Waals surface area contributed by atoms with E-state index in [1.54, 1.807) is 12.1 Å². The van der Waals surface area contributed by atoms with Crippen molar-refractivity contribution in [1.82, 2.24) is 14.2 Å². The van der Waals surface area contributed by atoms with Crippen LogP contribution in [0.2, 0.25) is 0 Å². The molecule has 1 aromatic heterocycles. The van der Waals surface area contributed by atoms with Gasteiger partial charge in [0.2, 0.25) is 0 Å². The number of hydrogen-bond acceptors (Lipinski definition) is 3. The van der Waals surface area contributed by atoms with Gasteiger partial charge >= 0.3 is 10.2 Å². The number of benzene rings is 2. The first-order valence-corrected chi connectivity index (χ1v) is 12.9. The zero-order valence-corrected chi connectivity index (χ0v) is 20.1. The maximum atomic E-state index is 14.0. The zero-order chi connectivity index (χ0) is 24.0. The van der Waals surface area contributed by atoms with Crippen molar-refractivity contribution < 1.29 is 17.2 Å². The third-order valence-corrected chi connectivity index (χ3v) is 8.78. The van der Waals surface area contributed by atoms with Gasteiger partial charge in [0.15, 0.2) is 0 Å². The topological polar surface area (TPSA) is 59.6 Å². The largest absolute Gasteiger partial charge is 0.360 e. The van der Waals surface area contributed by atoms with Gasteiger partial charge in [-0.15, -0.1) is 0 Å². The van der Waals surface area contributed by atoms with E-state index < -0.39 is 16.0 Å². The molecule has 0 fully saturated rings. The van der Waals surface area contributed by atoms with Crippen molar-refractivity contribution in [2.24, 2.45) is 0 Å². The predicted octanol–water partition coefficient (Wildman–Crippen LogP) is 4.51. The van der Waals surface area contributed by atoms with E-state index in [1.165, 1.54) is 38.4 Å². The second-order valence-corrected chi connectivity index (χ2v) is 11.0. The van der Waals surface area contributed by atoms with Crippen molar-refractivity contribution in [1.29, 1.82) is 0 Å². The summed E-state index contributed by atoms with van der Waals surface area (Å²) in [6.07, 6.45) is 4.87. The minimum atomic E-state index is -3.75. The maximum Gasteiger partial charge on any atom is 0.304 e. The average Bonchev–Trinajstić information content (AvgIpc) is 3.21. The highest BCUT2D eigenvalue weighted by Gasteiger charge is 2.38. The normalized spacial score (nSPS) is 19.0. The summed E-state index contributed by atoms with van der Waals surface area (Å²) >= 11 is 0. The molecule has 3 heterocycles. The van der Waals surface area contributed by atoms with Gasteiger partial charge in [0.05, 0.1) is 5.69 Å². The Kier molecular flexibility index (Phi) is 5.95. The number of H-pyrrole nitrogens is 1. The molecule has 0 saturated carbocycles. The molecule has 2 aliphatic rings. The van der Waals surface area contributed by atoms with Gasteiger partial charge in [0.25, 0.3) is 0 Å². The Morgan fingerprint density at radius 2 is 1.82 bits per heavy atom. The summed E-state index contributed by atoms with van der Waals surface area (Å²) in [5, 5.41) is 0.993. The molecule has 0 bridgehead atoms. The Bertz CT molecular complexity index is 1370. The lowest BCUT2D eigenvalue weighted by Crippen LogP contribution is -2.52. The van der Waals surface area contributed by atoms with Crippen LogP contribution in [0.1, 0.15) is 31.4 Å². The molecule has 6 nitrogen and oxygen atoms in total. The highest BCUT2D eigenvalue weighted by molar-refractivity contribution is 7.90. The Labute approximate surface area is 198 Å². The highest BCUT2D eigenvalue weighted by Crippen LogP contribution is 2.34. The minimum Gasteiger partial charge on any atom is -0.360 e. The van der Waals surface area contributed by atoms with Crippen LogP contribution in [0, 0.1) is 11.6 Å². The van der Waals surface area contributed by atoms with Crippen LogP contribution in [0.15, 0.2) is 48.7 Å². The van der Waals surface area contributed by atoms with Crippen LogP contribution in [0.25, 0.3) is 16.5 Å². The number of hydrogen-bond donors (Lipinski definition) is 1. The molecule has 0 spiro atoms. The number of halogens is 2. The lowest BCUT2D eigenvalue weighted by molar-refractivity contribution is 0.305. The summed E-state index contributed by atoms with van der Waals surface area (Å²) in [6, 6.07) is 8.93. The van der Waals surface area contributed by atoms with E-state index in [1.807, 2.05) is 20.0 Å². The number of anilines is 1. The van der Waals surface area contributed by atoms with Crippen LogP contribution in [0.4, 0.5) is 14.5 Å². The second-order valence-electron chi connectivity index (χ2n) is 9.16. The van der Waals surface area contributed by atoms with Gasteiger partial charge in [0, 0.05) is 61.4 Å². The Morgan fingerprint density at radius 1 is 1.06 bits per heavy atom. The summed E-state index contributed by atoms with van der Waals surface area (Å²) in [5.41, 5.74) is 4.27. The zero-order valence-electron chi connectivity index (χ0n) is 19.3. The van der Waals surface area contributed by atoms with Gasteiger partial charge in [0.1, 0.15) is 11.6 Å². The number of fused-ring (bicyclic) bond motifs is 2. The summed E-state index contributed by atoms with van der Waals surface area (Å²) in [6.45, 7) is 6.18. The fourth-order valence-electron chi connectivity index (χ4n) is 4.84. The molecule has 0 saturated heterocycles. The Morgan fingerprint density at radius 3 is 2.56 bits per heavy atom. The van der Waals surface area contributed by atoms with Crippen LogP contribution in [0.5, 0.6) is 0 Å². The maximum absolute atomic E-state index is 14.0.